The molecule has 0 aliphatic carbocycles. The van der Waals surface area contributed by atoms with Crippen molar-refractivity contribution in [2.24, 2.45) is 0 Å². The number of nitrogens with zero attached hydrogens (tertiary/aromatic N) is 4. The van der Waals surface area contributed by atoms with Crippen LogP contribution in [-0.4, -0.2) is 30.7 Å². The number of aromatic nitrogens is 4. The smallest absolute Gasteiger partial charge is 0.350 e. The molecule has 166 valence electrons. The van der Waals surface area contributed by atoms with Crippen LogP contribution >= 0.6 is 11.6 Å². The Kier molecular flexibility index (Phi) is 5.88. The van der Waals surface area contributed by atoms with Gasteiger partial charge in [0.15, 0.2) is 0 Å². The lowest BCUT2D eigenvalue weighted by Gasteiger charge is -2.11. The first kappa shape index (κ1) is 21.8. The SMILES string of the molecule is CCCn1c(=O)c2ccc(C(=O)NC(C)C)cc2n2c(=O)n(Cc3ccc(Cl)cc3)nc12. The molecule has 0 fully saturated rings. The third-order valence-electron chi connectivity index (χ3n) is 5.15. The monoisotopic (exact) mass is 453 g/mol. The molecule has 0 atom stereocenters. The van der Waals surface area contributed by atoms with Crippen LogP contribution in [0.25, 0.3) is 16.7 Å². The molecular formula is C23H24ClN5O3. The lowest BCUT2D eigenvalue weighted by atomic mass is 10.1. The standard InChI is InChI=1S/C23H24ClN5O3/c1-4-11-27-21(31)18-10-7-16(20(30)25-14(2)3)12-19(18)29-22(27)26-28(23(29)32)13-15-5-8-17(24)9-6-15/h5-10,12,14H,4,11,13H2,1-3H3,(H,25,30). The Morgan fingerprint density at radius 2 is 1.84 bits per heavy atom. The Labute approximate surface area is 189 Å². The highest BCUT2D eigenvalue weighted by molar-refractivity contribution is 6.30. The molecule has 2 aromatic heterocycles. The van der Waals surface area contributed by atoms with Crippen LogP contribution in [0.15, 0.2) is 52.1 Å². The van der Waals surface area contributed by atoms with Gasteiger partial charge in [0, 0.05) is 23.2 Å². The van der Waals surface area contributed by atoms with Gasteiger partial charge in [-0.25, -0.2) is 13.9 Å². The molecule has 0 aliphatic heterocycles. The van der Waals surface area contributed by atoms with E-state index in [1.165, 1.54) is 13.6 Å². The van der Waals surface area contributed by atoms with Gasteiger partial charge in [0.1, 0.15) is 0 Å². The summed E-state index contributed by atoms with van der Waals surface area (Å²) in [6.45, 7) is 6.34. The summed E-state index contributed by atoms with van der Waals surface area (Å²) in [5, 5.41) is 8.28. The van der Waals surface area contributed by atoms with Gasteiger partial charge in [-0.1, -0.05) is 30.7 Å². The Morgan fingerprint density at radius 3 is 2.50 bits per heavy atom. The maximum absolute atomic E-state index is 13.4. The van der Waals surface area contributed by atoms with Crippen LogP contribution in [0, 0.1) is 0 Å². The third-order valence-corrected chi connectivity index (χ3v) is 5.40. The number of aryl methyl sites for hydroxylation is 1. The minimum atomic E-state index is -0.383. The number of halogens is 1. The highest BCUT2D eigenvalue weighted by Crippen LogP contribution is 2.15. The predicted molar refractivity (Wildman–Crippen MR) is 125 cm³/mol. The van der Waals surface area contributed by atoms with E-state index < -0.39 is 0 Å². The maximum atomic E-state index is 13.4. The summed E-state index contributed by atoms with van der Waals surface area (Å²) in [6.07, 6.45) is 0.703. The molecule has 4 aromatic rings. The van der Waals surface area contributed by atoms with Gasteiger partial charge < -0.3 is 5.32 Å². The third kappa shape index (κ3) is 3.93. The van der Waals surface area contributed by atoms with Crippen molar-refractivity contribution in [3.05, 3.63) is 79.5 Å². The molecule has 9 heteroatoms. The average molecular weight is 454 g/mol. The van der Waals surface area contributed by atoms with E-state index in [-0.39, 0.29) is 35.5 Å². The number of hydrogen-bond acceptors (Lipinski definition) is 4. The number of carbonyl (C=O) groups excluding carboxylic acids is 1. The number of hydrogen-bond donors (Lipinski definition) is 1. The molecular weight excluding hydrogens is 430 g/mol. The summed E-state index contributed by atoms with van der Waals surface area (Å²) in [4.78, 5) is 39.1. The van der Waals surface area contributed by atoms with Gasteiger partial charge in [-0.3, -0.25) is 14.2 Å². The van der Waals surface area contributed by atoms with E-state index in [1.54, 1.807) is 30.3 Å². The van der Waals surface area contributed by atoms with E-state index in [1.807, 2.05) is 32.9 Å². The van der Waals surface area contributed by atoms with Crippen LogP contribution in [0.4, 0.5) is 0 Å². The van der Waals surface area contributed by atoms with E-state index in [4.69, 9.17) is 11.6 Å². The Bertz CT molecular complexity index is 1430. The molecule has 0 saturated heterocycles. The lowest BCUT2D eigenvalue weighted by molar-refractivity contribution is 0.0943. The summed E-state index contributed by atoms with van der Waals surface area (Å²) in [5.41, 5.74) is 0.962. The summed E-state index contributed by atoms with van der Waals surface area (Å²) >= 11 is 5.96. The normalized spacial score (nSPS) is 11.5. The molecule has 2 aromatic carbocycles. The number of amides is 1. The quantitative estimate of drug-likeness (QED) is 0.485. The van der Waals surface area contributed by atoms with Gasteiger partial charge in [0.05, 0.1) is 17.4 Å². The molecule has 0 spiro atoms. The van der Waals surface area contributed by atoms with Crippen molar-refractivity contribution < 1.29 is 4.79 Å². The first-order chi connectivity index (χ1) is 15.3. The Hall–Kier alpha value is -3.39. The molecule has 0 saturated carbocycles. The molecule has 4 rings (SSSR count). The fourth-order valence-corrected chi connectivity index (χ4v) is 3.82. The van der Waals surface area contributed by atoms with Gasteiger partial charge in [0.2, 0.25) is 5.78 Å². The van der Waals surface area contributed by atoms with Gasteiger partial charge in [-0.2, -0.15) is 0 Å². The topological polar surface area (TPSA) is 90.4 Å². The van der Waals surface area contributed by atoms with Crippen molar-refractivity contribution in [1.29, 1.82) is 0 Å². The highest BCUT2D eigenvalue weighted by Gasteiger charge is 2.19. The lowest BCUT2D eigenvalue weighted by Crippen LogP contribution is -2.30. The second kappa shape index (κ2) is 8.63. The molecule has 1 amide bonds. The van der Waals surface area contributed by atoms with Crippen LogP contribution in [0.2, 0.25) is 5.02 Å². The van der Waals surface area contributed by atoms with Gasteiger partial charge >= 0.3 is 5.69 Å². The highest BCUT2D eigenvalue weighted by atomic mass is 35.5. The summed E-state index contributed by atoms with van der Waals surface area (Å²) in [6, 6.07) is 11.9. The average Bonchev–Trinajstić information content (AvgIpc) is 3.08. The maximum Gasteiger partial charge on any atom is 0.352 e. The zero-order chi connectivity index (χ0) is 23.0. The van der Waals surface area contributed by atoms with E-state index >= 15 is 0 Å². The second-order valence-corrected chi connectivity index (χ2v) is 8.46. The molecule has 0 bridgehead atoms. The molecule has 0 aliphatic rings. The van der Waals surface area contributed by atoms with Crippen LogP contribution < -0.4 is 16.6 Å². The van der Waals surface area contributed by atoms with Crippen molar-refractivity contribution >= 4 is 34.2 Å². The number of nitrogens with one attached hydrogen (secondary N) is 1. The molecule has 0 unspecified atom stereocenters. The Balaban J connectivity index is 1.96. The molecule has 1 N–H and O–H groups in total. The predicted octanol–water partition coefficient (Wildman–Crippen LogP) is 3.06. The Morgan fingerprint density at radius 1 is 1.12 bits per heavy atom. The van der Waals surface area contributed by atoms with Gasteiger partial charge in [-0.05, 0) is 56.2 Å². The minimum Gasteiger partial charge on any atom is -0.350 e. The van der Waals surface area contributed by atoms with Crippen LogP contribution in [0.5, 0.6) is 0 Å². The van der Waals surface area contributed by atoms with Crippen LogP contribution in [0.3, 0.4) is 0 Å². The van der Waals surface area contributed by atoms with Crippen molar-refractivity contribution in [1.82, 2.24) is 24.1 Å². The van der Waals surface area contributed by atoms with E-state index in [9.17, 15) is 14.4 Å². The summed E-state index contributed by atoms with van der Waals surface area (Å²) < 4.78 is 4.24. The first-order valence-corrected chi connectivity index (χ1v) is 10.9. The number of rotatable bonds is 6. The fraction of sp³-hybridized carbons (Fsp3) is 0.304. The summed E-state index contributed by atoms with van der Waals surface area (Å²) in [7, 11) is 0. The zero-order valence-electron chi connectivity index (χ0n) is 18.1. The van der Waals surface area contributed by atoms with Crippen molar-refractivity contribution in [3.63, 3.8) is 0 Å². The summed E-state index contributed by atoms with van der Waals surface area (Å²) in [5.74, 6) is -0.0147. The largest absolute Gasteiger partial charge is 0.352 e. The molecule has 8 nitrogen and oxygen atoms in total. The van der Waals surface area contributed by atoms with Crippen LogP contribution in [-0.2, 0) is 13.1 Å². The number of fused-ring (bicyclic) bond motifs is 3. The number of carbonyl (C=O) groups is 1. The van der Waals surface area contributed by atoms with Crippen molar-refractivity contribution in [3.8, 4) is 0 Å². The molecule has 0 radical (unpaired) electrons. The van der Waals surface area contributed by atoms with Crippen molar-refractivity contribution in [2.45, 2.75) is 46.3 Å². The number of benzene rings is 2. The van der Waals surface area contributed by atoms with E-state index in [0.29, 0.717) is 34.5 Å². The van der Waals surface area contributed by atoms with Crippen LogP contribution in [0.1, 0.15) is 43.1 Å². The fourth-order valence-electron chi connectivity index (χ4n) is 3.69. The van der Waals surface area contributed by atoms with Crippen molar-refractivity contribution in [2.75, 3.05) is 0 Å². The van der Waals surface area contributed by atoms with E-state index in [0.717, 1.165) is 5.56 Å². The second-order valence-electron chi connectivity index (χ2n) is 8.02. The first-order valence-electron chi connectivity index (χ1n) is 10.5. The molecule has 2 heterocycles. The minimum absolute atomic E-state index is 0.0411. The zero-order valence-corrected chi connectivity index (χ0v) is 18.9. The van der Waals surface area contributed by atoms with Gasteiger partial charge in [-0.15, -0.1) is 5.10 Å². The van der Waals surface area contributed by atoms with E-state index in [2.05, 4.69) is 10.4 Å². The van der Waals surface area contributed by atoms with Gasteiger partial charge in [0.25, 0.3) is 11.5 Å². The molecule has 32 heavy (non-hydrogen) atoms.